The smallest absolute Gasteiger partial charge is 0.418 e. The van der Waals surface area contributed by atoms with Crippen LogP contribution in [0.4, 0.5) is 18.9 Å². The molecule has 0 heterocycles. The van der Waals surface area contributed by atoms with Gasteiger partial charge < -0.3 is 15.5 Å². The Balaban J connectivity index is 2.71. The summed E-state index contributed by atoms with van der Waals surface area (Å²) in [6.07, 6.45) is -6.27. The van der Waals surface area contributed by atoms with Gasteiger partial charge in [0.25, 0.3) is 0 Å². The minimum atomic E-state index is -4.50. The third-order valence-corrected chi connectivity index (χ3v) is 2.17. The standard InChI is InChI=1S/C11H12F3NO3/c12-11(13,14)8-3-1-2-4-9(8)15-6-7(16)5-10(17)18/h1-4,7,15-16H,5-6H2,(H,17,18). The molecule has 0 saturated heterocycles. The molecule has 0 saturated carbocycles. The minimum Gasteiger partial charge on any atom is -0.481 e. The first kappa shape index (κ1) is 14.3. The van der Waals surface area contributed by atoms with Crippen molar-refractivity contribution < 1.29 is 28.2 Å². The lowest BCUT2D eigenvalue weighted by atomic mass is 10.1. The molecule has 0 bridgehead atoms. The Morgan fingerprint density at radius 3 is 2.50 bits per heavy atom. The van der Waals surface area contributed by atoms with Crippen molar-refractivity contribution in [2.45, 2.75) is 18.7 Å². The number of halogens is 3. The van der Waals surface area contributed by atoms with Gasteiger partial charge in [-0.05, 0) is 12.1 Å². The molecule has 0 spiro atoms. The second-order valence-corrected chi connectivity index (χ2v) is 3.68. The van der Waals surface area contributed by atoms with Gasteiger partial charge in [-0.3, -0.25) is 4.79 Å². The topological polar surface area (TPSA) is 69.6 Å². The van der Waals surface area contributed by atoms with Crippen LogP contribution in [-0.4, -0.2) is 28.8 Å². The summed E-state index contributed by atoms with van der Waals surface area (Å²) in [7, 11) is 0. The van der Waals surface area contributed by atoms with E-state index in [-0.39, 0.29) is 12.2 Å². The van der Waals surface area contributed by atoms with E-state index >= 15 is 0 Å². The number of para-hydroxylation sites is 1. The number of carbonyl (C=O) groups is 1. The van der Waals surface area contributed by atoms with E-state index < -0.39 is 30.2 Å². The Morgan fingerprint density at radius 1 is 1.33 bits per heavy atom. The molecule has 0 amide bonds. The van der Waals surface area contributed by atoms with Crippen LogP contribution in [0.1, 0.15) is 12.0 Å². The molecule has 100 valence electrons. The van der Waals surface area contributed by atoms with Crippen LogP contribution >= 0.6 is 0 Å². The van der Waals surface area contributed by atoms with Gasteiger partial charge in [0.15, 0.2) is 0 Å². The number of aliphatic carboxylic acids is 1. The zero-order valence-corrected chi connectivity index (χ0v) is 9.24. The molecule has 1 aromatic carbocycles. The normalized spacial score (nSPS) is 13.1. The monoisotopic (exact) mass is 263 g/mol. The molecular formula is C11H12F3NO3. The average molecular weight is 263 g/mol. The number of benzene rings is 1. The summed E-state index contributed by atoms with van der Waals surface area (Å²) in [5.74, 6) is -1.21. The van der Waals surface area contributed by atoms with Crippen LogP contribution in [0.2, 0.25) is 0 Å². The number of rotatable bonds is 5. The highest BCUT2D eigenvalue weighted by atomic mass is 19.4. The summed E-state index contributed by atoms with van der Waals surface area (Å²) < 4.78 is 37.8. The van der Waals surface area contributed by atoms with E-state index in [4.69, 9.17) is 5.11 Å². The number of carboxylic acids is 1. The Kier molecular flexibility index (Phi) is 4.55. The van der Waals surface area contributed by atoms with E-state index in [2.05, 4.69) is 5.32 Å². The van der Waals surface area contributed by atoms with E-state index in [1.807, 2.05) is 0 Å². The van der Waals surface area contributed by atoms with Crippen molar-refractivity contribution in [3.05, 3.63) is 29.8 Å². The third-order valence-electron chi connectivity index (χ3n) is 2.17. The molecule has 0 aromatic heterocycles. The first-order valence-corrected chi connectivity index (χ1v) is 5.10. The van der Waals surface area contributed by atoms with E-state index in [0.29, 0.717) is 0 Å². The Labute approximate surface area is 101 Å². The van der Waals surface area contributed by atoms with Crippen molar-refractivity contribution in [3.63, 3.8) is 0 Å². The predicted molar refractivity (Wildman–Crippen MR) is 58.2 cm³/mol. The Hall–Kier alpha value is -1.76. The first-order chi connectivity index (χ1) is 8.30. The van der Waals surface area contributed by atoms with E-state index in [1.165, 1.54) is 18.2 Å². The SMILES string of the molecule is O=C(O)CC(O)CNc1ccccc1C(F)(F)F. The highest BCUT2D eigenvalue weighted by Gasteiger charge is 2.33. The molecule has 3 N–H and O–H groups in total. The van der Waals surface area contributed by atoms with Crippen LogP contribution in [0.5, 0.6) is 0 Å². The van der Waals surface area contributed by atoms with Crippen LogP contribution in [-0.2, 0) is 11.0 Å². The lowest BCUT2D eigenvalue weighted by molar-refractivity contribution is -0.139. The quantitative estimate of drug-likeness (QED) is 0.759. The van der Waals surface area contributed by atoms with E-state index in [9.17, 15) is 23.1 Å². The zero-order valence-electron chi connectivity index (χ0n) is 9.24. The number of aliphatic hydroxyl groups excluding tert-OH is 1. The van der Waals surface area contributed by atoms with Crippen molar-refractivity contribution in [1.82, 2.24) is 0 Å². The Morgan fingerprint density at radius 2 is 1.94 bits per heavy atom. The molecule has 4 nitrogen and oxygen atoms in total. The second-order valence-electron chi connectivity index (χ2n) is 3.68. The van der Waals surface area contributed by atoms with Crippen LogP contribution in [0.15, 0.2) is 24.3 Å². The van der Waals surface area contributed by atoms with Gasteiger partial charge in [-0.15, -0.1) is 0 Å². The number of hydrogen-bond donors (Lipinski definition) is 3. The first-order valence-electron chi connectivity index (χ1n) is 5.10. The molecule has 1 unspecified atom stereocenters. The number of alkyl halides is 3. The van der Waals surface area contributed by atoms with Gasteiger partial charge in [0, 0.05) is 12.2 Å². The fourth-order valence-corrected chi connectivity index (χ4v) is 1.39. The number of anilines is 1. The molecule has 0 fully saturated rings. The fraction of sp³-hybridized carbons (Fsp3) is 0.364. The van der Waals surface area contributed by atoms with Gasteiger partial charge in [0.05, 0.1) is 18.1 Å². The molecule has 0 aliphatic rings. The number of aliphatic hydroxyl groups is 1. The molecule has 0 aliphatic carbocycles. The van der Waals surface area contributed by atoms with Crippen LogP contribution in [0.3, 0.4) is 0 Å². The number of carboxylic acid groups (broad SMARTS) is 1. The fourth-order valence-electron chi connectivity index (χ4n) is 1.39. The molecule has 0 radical (unpaired) electrons. The van der Waals surface area contributed by atoms with Crippen LogP contribution in [0.25, 0.3) is 0 Å². The lowest BCUT2D eigenvalue weighted by Gasteiger charge is -2.16. The largest absolute Gasteiger partial charge is 0.481 e. The lowest BCUT2D eigenvalue weighted by Crippen LogP contribution is -2.23. The molecule has 1 atom stereocenters. The van der Waals surface area contributed by atoms with Gasteiger partial charge in [-0.1, -0.05) is 12.1 Å². The zero-order chi connectivity index (χ0) is 13.8. The van der Waals surface area contributed by atoms with Gasteiger partial charge in [0.1, 0.15) is 0 Å². The summed E-state index contributed by atoms with van der Waals surface area (Å²) in [5, 5.41) is 20.0. The van der Waals surface area contributed by atoms with Crippen LogP contribution in [0, 0.1) is 0 Å². The number of hydrogen-bond acceptors (Lipinski definition) is 3. The van der Waals surface area contributed by atoms with Crippen molar-refractivity contribution >= 4 is 11.7 Å². The number of nitrogens with one attached hydrogen (secondary N) is 1. The second kappa shape index (κ2) is 5.72. The maximum Gasteiger partial charge on any atom is 0.418 e. The average Bonchev–Trinajstić information content (AvgIpc) is 2.24. The van der Waals surface area contributed by atoms with Crippen molar-refractivity contribution in [1.29, 1.82) is 0 Å². The maximum atomic E-state index is 12.6. The molecular weight excluding hydrogens is 251 g/mol. The maximum absolute atomic E-state index is 12.6. The molecule has 1 rings (SSSR count). The van der Waals surface area contributed by atoms with Gasteiger partial charge in [0.2, 0.25) is 0 Å². The van der Waals surface area contributed by atoms with Gasteiger partial charge >= 0.3 is 12.1 Å². The Bertz CT molecular complexity index is 420. The van der Waals surface area contributed by atoms with Crippen molar-refractivity contribution in [2.24, 2.45) is 0 Å². The predicted octanol–water partition coefficient (Wildman–Crippen LogP) is 1.95. The van der Waals surface area contributed by atoms with E-state index in [0.717, 1.165) is 6.07 Å². The highest BCUT2D eigenvalue weighted by molar-refractivity contribution is 5.67. The molecule has 18 heavy (non-hydrogen) atoms. The summed E-state index contributed by atoms with van der Waals surface area (Å²) >= 11 is 0. The summed E-state index contributed by atoms with van der Waals surface area (Å²) in [4.78, 5) is 10.3. The summed E-state index contributed by atoms with van der Waals surface area (Å²) in [6, 6.07) is 4.80. The van der Waals surface area contributed by atoms with Gasteiger partial charge in [-0.2, -0.15) is 13.2 Å². The third kappa shape index (κ3) is 4.25. The molecule has 0 aliphatic heterocycles. The minimum absolute atomic E-state index is 0.186. The highest BCUT2D eigenvalue weighted by Crippen LogP contribution is 2.34. The van der Waals surface area contributed by atoms with Crippen LogP contribution < -0.4 is 5.32 Å². The van der Waals surface area contributed by atoms with Crippen molar-refractivity contribution in [3.8, 4) is 0 Å². The summed E-state index contributed by atoms with van der Waals surface area (Å²) in [6.45, 7) is -0.264. The molecule has 7 heteroatoms. The van der Waals surface area contributed by atoms with E-state index in [1.54, 1.807) is 0 Å². The van der Waals surface area contributed by atoms with Crippen molar-refractivity contribution in [2.75, 3.05) is 11.9 Å². The summed E-state index contributed by atoms with van der Waals surface area (Å²) in [5.41, 5.74) is -1.04. The van der Waals surface area contributed by atoms with Gasteiger partial charge in [-0.25, -0.2) is 0 Å². The molecule has 1 aromatic rings.